The van der Waals surface area contributed by atoms with Gasteiger partial charge in [0.1, 0.15) is 5.69 Å². The van der Waals surface area contributed by atoms with Crippen molar-refractivity contribution in [1.29, 1.82) is 0 Å². The van der Waals surface area contributed by atoms with Crippen LogP contribution in [-0.2, 0) is 10.0 Å². The van der Waals surface area contributed by atoms with Crippen molar-refractivity contribution >= 4 is 21.4 Å². The third kappa shape index (κ3) is 3.88. The summed E-state index contributed by atoms with van der Waals surface area (Å²) in [4.78, 5) is 9.97. The summed E-state index contributed by atoms with van der Waals surface area (Å²) in [6, 6.07) is 3.37. The molecule has 0 aliphatic heterocycles. The van der Waals surface area contributed by atoms with E-state index in [2.05, 4.69) is 10.1 Å². The number of nitrogens with two attached hydrogens (primary N) is 1. The van der Waals surface area contributed by atoms with E-state index in [1.165, 1.54) is 0 Å². The second-order valence-corrected chi connectivity index (χ2v) is 6.62. The first-order chi connectivity index (χ1) is 8.57. The molecule has 19 heavy (non-hydrogen) atoms. The minimum Gasteiger partial charge on any atom is -0.318 e. The highest BCUT2D eigenvalue weighted by Gasteiger charge is 2.24. The van der Waals surface area contributed by atoms with Crippen molar-refractivity contribution < 1.29 is 13.3 Å². The Morgan fingerprint density at radius 1 is 1.32 bits per heavy atom. The maximum atomic E-state index is 12.0. The van der Waals surface area contributed by atoms with Crippen LogP contribution in [-0.4, -0.2) is 18.9 Å². The van der Waals surface area contributed by atoms with Crippen molar-refractivity contribution in [3.63, 3.8) is 0 Å². The Kier molecular flexibility index (Phi) is 4.13. The number of hydrogen-bond donors (Lipinski definition) is 3. The number of sulfonamides is 1. The lowest BCUT2D eigenvalue weighted by atomic mass is 10.1. The zero-order valence-electron chi connectivity index (χ0n) is 10.8. The molecule has 1 rings (SSSR count). The summed E-state index contributed by atoms with van der Waals surface area (Å²) in [6.07, 6.45) is 0. The minimum atomic E-state index is -3.76. The number of nitrogens with one attached hydrogen (secondary N) is 2. The molecule has 0 fully saturated rings. The molecule has 8 nitrogen and oxygen atoms in total. The van der Waals surface area contributed by atoms with Crippen LogP contribution in [0.5, 0.6) is 0 Å². The monoisotopic (exact) mass is 288 g/mol. The fraction of sp³-hybridized carbons (Fsp3) is 0.400. The fourth-order valence-corrected chi connectivity index (χ4v) is 2.86. The number of nitro benzene ring substituents is 1. The number of nitro groups is 1. The first-order valence-electron chi connectivity index (χ1n) is 5.36. The molecule has 0 aromatic heterocycles. The third-order valence-corrected chi connectivity index (χ3v) is 3.83. The Morgan fingerprint density at radius 2 is 1.89 bits per heavy atom. The van der Waals surface area contributed by atoms with Gasteiger partial charge in [-0.25, -0.2) is 13.1 Å². The highest BCUT2D eigenvalue weighted by Crippen LogP contribution is 2.26. The van der Waals surface area contributed by atoms with Crippen LogP contribution >= 0.6 is 0 Å². The van der Waals surface area contributed by atoms with E-state index < -0.39 is 20.5 Å². The van der Waals surface area contributed by atoms with Crippen LogP contribution in [0.15, 0.2) is 23.1 Å². The summed E-state index contributed by atoms with van der Waals surface area (Å²) in [5.41, 5.74) is 1.10. The number of rotatable bonds is 4. The SMILES string of the molecule is CC(C)(C)NS(=O)(=O)c1ccc([N+](=O)[O-])c(NN)c1. The van der Waals surface area contributed by atoms with E-state index in [0.717, 1.165) is 18.2 Å². The minimum absolute atomic E-state index is 0.0678. The average molecular weight is 288 g/mol. The van der Waals surface area contributed by atoms with E-state index in [0.29, 0.717) is 0 Å². The Balaban J connectivity index is 3.27. The largest absolute Gasteiger partial charge is 0.318 e. The summed E-state index contributed by atoms with van der Waals surface area (Å²) >= 11 is 0. The van der Waals surface area contributed by atoms with Gasteiger partial charge in [-0.1, -0.05) is 0 Å². The molecule has 0 aliphatic rings. The molecule has 0 saturated carbocycles. The van der Waals surface area contributed by atoms with Crippen LogP contribution in [0.2, 0.25) is 0 Å². The lowest BCUT2D eigenvalue weighted by Crippen LogP contribution is -2.40. The standard InChI is InChI=1S/C10H16N4O4S/c1-10(2,3)13-19(17,18)7-4-5-9(14(15)16)8(6-7)12-11/h4-6,12-13H,11H2,1-3H3. The van der Waals surface area contributed by atoms with Crippen molar-refractivity contribution in [3.05, 3.63) is 28.3 Å². The van der Waals surface area contributed by atoms with E-state index in [9.17, 15) is 18.5 Å². The molecular weight excluding hydrogens is 272 g/mol. The first kappa shape index (κ1) is 15.3. The normalized spacial score (nSPS) is 12.2. The lowest BCUT2D eigenvalue weighted by Gasteiger charge is -2.20. The number of nitrogens with zero attached hydrogens (tertiary/aromatic N) is 1. The van der Waals surface area contributed by atoms with Gasteiger partial charge in [-0.3, -0.25) is 16.0 Å². The van der Waals surface area contributed by atoms with Crippen molar-refractivity contribution in [1.82, 2.24) is 4.72 Å². The van der Waals surface area contributed by atoms with Gasteiger partial charge in [0.25, 0.3) is 5.69 Å². The van der Waals surface area contributed by atoms with Crippen molar-refractivity contribution in [2.75, 3.05) is 5.43 Å². The summed E-state index contributed by atoms with van der Waals surface area (Å²) < 4.78 is 26.5. The third-order valence-electron chi connectivity index (χ3n) is 2.07. The summed E-state index contributed by atoms with van der Waals surface area (Å²) in [5.74, 6) is 5.16. The molecule has 0 unspecified atom stereocenters. The van der Waals surface area contributed by atoms with Crippen LogP contribution in [0.4, 0.5) is 11.4 Å². The Hall–Kier alpha value is -1.71. The van der Waals surface area contributed by atoms with Gasteiger partial charge in [0.2, 0.25) is 10.0 Å². The molecule has 0 amide bonds. The molecule has 0 spiro atoms. The van der Waals surface area contributed by atoms with Gasteiger partial charge in [-0.2, -0.15) is 0 Å². The van der Waals surface area contributed by atoms with E-state index in [1.807, 2.05) is 0 Å². The number of hydrogen-bond acceptors (Lipinski definition) is 6. The molecule has 9 heteroatoms. The van der Waals surface area contributed by atoms with Gasteiger partial charge in [0, 0.05) is 11.6 Å². The van der Waals surface area contributed by atoms with Gasteiger partial charge in [-0.15, -0.1) is 0 Å². The molecular formula is C10H16N4O4S. The summed E-state index contributed by atoms with van der Waals surface area (Å²) in [6.45, 7) is 5.08. The number of hydrazine groups is 1. The molecule has 1 aromatic rings. The maximum Gasteiger partial charge on any atom is 0.293 e. The fourth-order valence-electron chi connectivity index (χ4n) is 1.42. The van der Waals surface area contributed by atoms with E-state index in [1.54, 1.807) is 20.8 Å². The van der Waals surface area contributed by atoms with E-state index in [-0.39, 0.29) is 16.3 Å². The highest BCUT2D eigenvalue weighted by molar-refractivity contribution is 7.89. The zero-order valence-corrected chi connectivity index (χ0v) is 11.6. The molecule has 0 bridgehead atoms. The number of anilines is 1. The Labute approximate surface area is 111 Å². The Morgan fingerprint density at radius 3 is 2.32 bits per heavy atom. The summed E-state index contributed by atoms with van der Waals surface area (Å²) in [5, 5.41) is 10.7. The Bertz CT molecular complexity index is 592. The van der Waals surface area contributed by atoms with Crippen LogP contribution in [0.3, 0.4) is 0 Å². The smallest absolute Gasteiger partial charge is 0.293 e. The van der Waals surface area contributed by atoms with Crippen LogP contribution in [0.1, 0.15) is 20.8 Å². The van der Waals surface area contributed by atoms with Gasteiger partial charge < -0.3 is 5.43 Å². The van der Waals surface area contributed by atoms with Crippen molar-refractivity contribution in [2.45, 2.75) is 31.2 Å². The predicted molar refractivity (Wildman–Crippen MR) is 71.0 cm³/mol. The van der Waals surface area contributed by atoms with Gasteiger partial charge in [0.15, 0.2) is 0 Å². The molecule has 0 atom stereocenters. The van der Waals surface area contributed by atoms with Crippen LogP contribution in [0.25, 0.3) is 0 Å². The lowest BCUT2D eigenvalue weighted by molar-refractivity contribution is -0.384. The number of nitrogen functional groups attached to an aromatic ring is 1. The average Bonchev–Trinajstić information content (AvgIpc) is 2.24. The second-order valence-electron chi connectivity index (χ2n) is 4.94. The molecule has 0 aliphatic carbocycles. The quantitative estimate of drug-likeness (QED) is 0.430. The molecule has 0 saturated heterocycles. The zero-order chi connectivity index (χ0) is 14.8. The maximum absolute atomic E-state index is 12.0. The van der Waals surface area contributed by atoms with E-state index in [4.69, 9.17) is 5.84 Å². The highest BCUT2D eigenvalue weighted by atomic mass is 32.2. The topological polar surface area (TPSA) is 127 Å². The molecule has 106 valence electrons. The number of benzene rings is 1. The summed E-state index contributed by atoms with van der Waals surface area (Å²) in [7, 11) is -3.76. The van der Waals surface area contributed by atoms with E-state index >= 15 is 0 Å². The second kappa shape index (κ2) is 5.11. The molecule has 0 heterocycles. The van der Waals surface area contributed by atoms with Gasteiger partial charge in [-0.05, 0) is 32.9 Å². The molecule has 0 radical (unpaired) electrons. The first-order valence-corrected chi connectivity index (χ1v) is 6.84. The van der Waals surface area contributed by atoms with Crippen molar-refractivity contribution in [3.8, 4) is 0 Å². The predicted octanol–water partition coefficient (Wildman–Crippen LogP) is 0.957. The van der Waals surface area contributed by atoms with Gasteiger partial charge >= 0.3 is 0 Å². The van der Waals surface area contributed by atoms with Gasteiger partial charge in [0.05, 0.1) is 9.82 Å². The molecule has 4 N–H and O–H groups in total. The van der Waals surface area contributed by atoms with Crippen molar-refractivity contribution in [2.24, 2.45) is 5.84 Å². The van der Waals surface area contributed by atoms with Crippen LogP contribution < -0.4 is 16.0 Å². The van der Waals surface area contributed by atoms with Crippen LogP contribution in [0, 0.1) is 10.1 Å². The molecule has 1 aromatic carbocycles.